The van der Waals surface area contributed by atoms with Crippen molar-refractivity contribution in [2.45, 2.75) is 24.8 Å². The summed E-state index contributed by atoms with van der Waals surface area (Å²) in [4.78, 5) is 9.09. The molecule has 0 radical (unpaired) electrons. The normalized spacial score (nSPS) is 11.5. The van der Waals surface area contributed by atoms with Crippen molar-refractivity contribution >= 4 is 27.0 Å². The Balaban J connectivity index is 2.15. The van der Waals surface area contributed by atoms with Crippen molar-refractivity contribution in [1.29, 1.82) is 0 Å². The molecule has 4 N–H and O–H groups in total. The Labute approximate surface area is 121 Å². The second-order valence-corrected chi connectivity index (χ2v) is 6.85. The lowest BCUT2D eigenvalue weighted by molar-refractivity contribution is 0.581. The molecule has 0 aliphatic heterocycles. The number of anilines is 1. The second-order valence-electron chi connectivity index (χ2n) is 3.91. The van der Waals surface area contributed by atoms with Gasteiger partial charge in [0, 0.05) is 23.5 Å². The van der Waals surface area contributed by atoms with Crippen LogP contribution in [0.1, 0.15) is 16.8 Å². The highest BCUT2D eigenvalue weighted by molar-refractivity contribution is 7.89. The fourth-order valence-corrected chi connectivity index (χ4v) is 3.53. The van der Waals surface area contributed by atoms with E-state index in [1.807, 2.05) is 6.92 Å². The highest BCUT2D eigenvalue weighted by Crippen LogP contribution is 2.19. The smallest absolute Gasteiger partial charge is 0.244 e. The van der Waals surface area contributed by atoms with E-state index in [9.17, 15) is 8.42 Å². The van der Waals surface area contributed by atoms with Crippen molar-refractivity contribution in [3.8, 4) is 0 Å². The summed E-state index contributed by atoms with van der Waals surface area (Å²) >= 11 is 1.48. The minimum Gasteiger partial charge on any atom is -0.323 e. The summed E-state index contributed by atoms with van der Waals surface area (Å²) < 4.78 is 26.9. The number of aryl methyl sites for hydroxylation is 1. The highest BCUT2D eigenvalue weighted by Gasteiger charge is 2.18. The van der Waals surface area contributed by atoms with Crippen LogP contribution in [0.4, 0.5) is 5.69 Å². The zero-order chi connectivity index (χ0) is 14.6. The van der Waals surface area contributed by atoms with Gasteiger partial charge < -0.3 is 5.43 Å². The van der Waals surface area contributed by atoms with Gasteiger partial charge in [0.05, 0.1) is 12.2 Å². The molecule has 7 nitrogen and oxygen atoms in total. The first-order valence-electron chi connectivity index (χ1n) is 5.90. The number of hydrazine groups is 1. The number of aromatic nitrogens is 2. The SMILES string of the molecule is CCc1cnc(CNS(=O)(=O)c2cnccc2NN)s1. The van der Waals surface area contributed by atoms with E-state index < -0.39 is 10.0 Å². The molecule has 2 aromatic rings. The Hall–Kier alpha value is -1.55. The second kappa shape index (κ2) is 6.27. The summed E-state index contributed by atoms with van der Waals surface area (Å²) in [6.45, 7) is 2.17. The minimum absolute atomic E-state index is 0.00905. The minimum atomic E-state index is -3.69. The summed E-state index contributed by atoms with van der Waals surface area (Å²) in [5.41, 5.74) is 2.63. The number of thiazole rings is 1. The van der Waals surface area contributed by atoms with Crippen LogP contribution in [0.3, 0.4) is 0 Å². The molecule has 9 heteroatoms. The van der Waals surface area contributed by atoms with E-state index in [4.69, 9.17) is 5.84 Å². The molecule has 0 saturated heterocycles. The molecule has 0 aliphatic carbocycles. The Morgan fingerprint density at radius 1 is 1.40 bits per heavy atom. The van der Waals surface area contributed by atoms with Crippen molar-refractivity contribution < 1.29 is 8.42 Å². The van der Waals surface area contributed by atoms with Gasteiger partial charge >= 0.3 is 0 Å². The van der Waals surface area contributed by atoms with Crippen LogP contribution in [0.25, 0.3) is 0 Å². The number of sulfonamides is 1. The van der Waals surface area contributed by atoms with Gasteiger partial charge in [-0.05, 0) is 12.5 Å². The number of pyridine rings is 1. The van der Waals surface area contributed by atoms with E-state index in [1.165, 1.54) is 29.8 Å². The van der Waals surface area contributed by atoms with Crippen molar-refractivity contribution in [2.24, 2.45) is 5.84 Å². The monoisotopic (exact) mass is 313 g/mol. The summed E-state index contributed by atoms with van der Waals surface area (Å²) in [5.74, 6) is 5.30. The van der Waals surface area contributed by atoms with Crippen LogP contribution >= 0.6 is 11.3 Å². The third-order valence-corrected chi connectivity index (χ3v) is 5.16. The maximum Gasteiger partial charge on any atom is 0.244 e. The molecule has 108 valence electrons. The average molecular weight is 313 g/mol. The van der Waals surface area contributed by atoms with E-state index in [0.717, 1.165) is 16.3 Å². The molecule has 2 aromatic heterocycles. The van der Waals surface area contributed by atoms with E-state index in [-0.39, 0.29) is 11.4 Å². The van der Waals surface area contributed by atoms with Crippen molar-refractivity contribution in [1.82, 2.24) is 14.7 Å². The lowest BCUT2D eigenvalue weighted by atomic mass is 10.4. The molecule has 0 spiro atoms. The van der Waals surface area contributed by atoms with Crippen molar-refractivity contribution in [2.75, 3.05) is 5.43 Å². The summed E-state index contributed by atoms with van der Waals surface area (Å²) in [5, 5.41) is 0.719. The molecule has 20 heavy (non-hydrogen) atoms. The van der Waals surface area contributed by atoms with Gasteiger partial charge in [-0.15, -0.1) is 11.3 Å². The van der Waals surface area contributed by atoms with Crippen LogP contribution in [-0.2, 0) is 23.0 Å². The number of nitrogens with one attached hydrogen (secondary N) is 2. The zero-order valence-electron chi connectivity index (χ0n) is 10.8. The molecule has 2 heterocycles. The van der Waals surface area contributed by atoms with Gasteiger partial charge in [-0.25, -0.2) is 18.1 Å². The quantitative estimate of drug-likeness (QED) is 0.539. The molecule has 0 aromatic carbocycles. The average Bonchev–Trinajstić information content (AvgIpc) is 2.93. The van der Waals surface area contributed by atoms with Gasteiger partial charge in [-0.2, -0.15) is 0 Å². The maximum atomic E-state index is 12.2. The molecule has 0 amide bonds. The number of rotatable bonds is 6. The Kier molecular flexibility index (Phi) is 4.65. The topological polar surface area (TPSA) is 110 Å². The molecule has 2 rings (SSSR count). The third-order valence-electron chi connectivity index (χ3n) is 2.59. The van der Waals surface area contributed by atoms with Crippen LogP contribution in [0.15, 0.2) is 29.6 Å². The van der Waals surface area contributed by atoms with E-state index in [0.29, 0.717) is 5.69 Å². The maximum absolute atomic E-state index is 12.2. The lowest BCUT2D eigenvalue weighted by Gasteiger charge is -2.09. The largest absolute Gasteiger partial charge is 0.323 e. The standard InChI is InChI=1S/C11H15N5O2S2/c1-2-8-5-14-11(19-8)7-15-20(17,18)10-6-13-4-3-9(10)16-12/h3-6,15H,2,7,12H2,1H3,(H,13,16). The van der Waals surface area contributed by atoms with Crippen LogP contribution in [0, 0.1) is 0 Å². The number of nitrogen functional groups attached to an aromatic ring is 1. The van der Waals surface area contributed by atoms with Crippen LogP contribution in [-0.4, -0.2) is 18.4 Å². The number of hydrogen-bond acceptors (Lipinski definition) is 7. The first kappa shape index (κ1) is 14.9. The van der Waals surface area contributed by atoms with Crippen molar-refractivity contribution in [3.05, 3.63) is 34.5 Å². The number of nitrogens with zero attached hydrogens (tertiary/aromatic N) is 2. The fraction of sp³-hybridized carbons (Fsp3) is 0.273. The summed E-state index contributed by atoms with van der Waals surface area (Å²) in [6, 6.07) is 1.49. The van der Waals surface area contributed by atoms with E-state index >= 15 is 0 Å². The van der Waals surface area contributed by atoms with Gasteiger partial charge in [0.15, 0.2) is 0 Å². The molecule has 0 fully saturated rings. The Morgan fingerprint density at radius 3 is 2.85 bits per heavy atom. The first-order chi connectivity index (χ1) is 9.56. The first-order valence-corrected chi connectivity index (χ1v) is 8.20. The van der Waals surface area contributed by atoms with Gasteiger partial charge in [-0.1, -0.05) is 6.92 Å². The number of hydrogen-bond donors (Lipinski definition) is 3. The van der Waals surface area contributed by atoms with Gasteiger partial charge in [0.1, 0.15) is 9.90 Å². The number of nitrogens with two attached hydrogens (primary N) is 1. The van der Waals surface area contributed by atoms with E-state index in [2.05, 4.69) is 20.1 Å². The highest BCUT2D eigenvalue weighted by atomic mass is 32.2. The molecule has 0 atom stereocenters. The fourth-order valence-electron chi connectivity index (χ4n) is 1.54. The third kappa shape index (κ3) is 3.31. The van der Waals surface area contributed by atoms with Crippen molar-refractivity contribution in [3.63, 3.8) is 0 Å². The Bertz CT molecular complexity index is 684. The summed E-state index contributed by atoms with van der Waals surface area (Å²) in [7, 11) is -3.69. The molecule has 0 unspecified atom stereocenters. The molecular weight excluding hydrogens is 298 g/mol. The zero-order valence-corrected chi connectivity index (χ0v) is 12.5. The molecule has 0 aliphatic rings. The lowest BCUT2D eigenvalue weighted by Crippen LogP contribution is -2.25. The van der Waals surface area contributed by atoms with Gasteiger partial charge in [0.25, 0.3) is 0 Å². The van der Waals surface area contributed by atoms with Crippen LogP contribution < -0.4 is 16.0 Å². The predicted molar refractivity (Wildman–Crippen MR) is 77.6 cm³/mol. The molecule has 0 saturated carbocycles. The van der Waals surface area contributed by atoms with Gasteiger partial charge in [-0.3, -0.25) is 10.8 Å². The molecule has 0 bridgehead atoms. The van der Waals surface area contributed by atoms with Crippen LogP contribution in [0.5, 0.6) is 0 Å². The molecular formula is C11H15N5O2S2. The Morgan fingerprint density at radius 2 is 2.20 bits per heavy atom. The predicted octanol–water partition coefficient (Wildman–Crippen LogP) is 0.865. The van der Waals surface area contributed by atoms with Gasteiger partial charge in [0.2, 0.25) is 10.0 Å². The van der Waals surface area contributed by atoms with E-state index in [1.54, 1.807) is 6.20 Å². The van der Waals surface area contributed by atoms with Crippen LogP contribution in [0.2, 0.25) is 0 Å². The summed E-state index contributed by atoms with van der Waals surface area (Å²) in [6.07, 6.45) is 5.35.